The molecular formula is C10H12N4O2. The first-order valence-corrected chi connectivity index (χ1v) is 4.81. The van der Waals surface area contributed by atoms with E-state index in [1.165, 1.54) is 0 Å². The highest BCUT2D eigenvalue weighted by Crippen LogP contribution is 2.14. The maximum Gasteiger partial charge on any atom is 0.311 e. The number of anilines is 1. The molecule has 2 heterocycles. The Kier molecular flexibility index (Phi) is 2.47. The van der Waals surface area contributed by atoms with Crippen LogP contribution in [0.15, 0.2) is 12.1 Å². The fourth-order valence-corrected chi connectivity index (χ4v) is 1.41. The van der Waals surface area contributed by atoms with E-state index in [2.05, 4.69) is 15.0 Å². The average molecular weight is 220 g/mol. The van der Waals surface area contributed by atoms with E-state index in [0.717, 1.165) is 11.3 Å². The molecule has 2 aromatic heterocycles. The van der Waals surface area contributed by atoms with Crippen LogP contribution in [0.3, 0.4) is 0 Å². The summed E-state index contributed by atoms with van der Waals surface area (Å²) >= 11 is 0. The Hall–Kier alpha value is -2.11. The standard InChI is InChI=1S/C10H12N4O2/c1-14(2)8-4-3-6-10(13-8)12-7(11-6)5-9(15)16/h3-4H,5H2,1-2H3,(H,15,16)(H,11,12,13). The largest absolute Gasteiger partial charge is 0.481 e. The van der Waals surface area contributed by atoms with Crippen molar-refractivity contribution in [1.82, 2.24) is 15.0 Å². The minimum absolute atomic E-state index is 0.117. The number of carbonyl (C=O) groups is 1. The highest BCUT2D eigenvalue weighted by molar-refractivity contribution is 5.75. The second kappa shape index (κ2) is 3.80. The van der Waals surface area contributed by atoms with Gasteiger partial charge in [-0.1, -0.05) is 0 Å². The van der Waals surface area contributed by atoms with Gasteiger partial charge in [0.1, 0.15) is 18.1 Å². The molecule has 0 saturated heterocycles. The Labute approximate surface area is 91.9 Å². The Balaban J connectivity index is 2.41. The lowest BCUT2D eigenvalue weighted by atomic mass is 10.4. The topological polar surface area (TPSA) is 82.1 Å². The van der Waals surface area contributed by atoms with Gasteiger partial charge in [-0.05, 0) is 12.1 Å². The summed E-state index contributed by atoms with van der Waals surface area (Å²) in [5.41, 5.74) is 1.30. The van der Waals surface area contributed by atoms with Crippen molar-refractivity contribution in [3.8, 4) is 0 Å². The molecule has 2 aromatic rings. The molecule has 0 fully saturated rings. The molecule has 6 heteroatoms. The summed E-state index contributed by atoms with van der Waals surface area (Å²) in [6.07, 6.45) is -0.117. The summed E-state index contributed by atoms with van der Waals surface area (Å²) in [6, 6.07) is 3.70. The van der Waals surface area contributed by atoms with Gasteiger partial charge in [0, 0.05) is 14.1 Å². The summed E-state index contributed by atoms with van der Waals surface area (Å²) in [7, 11) is 3.78. The molecule has 16 heavy (non-hydrogen) atoms. The summed E-state index contributed by atoms with van der Waals surface area (Å²) in [6.45, 7) is 0. The molecule has 0 aliphatic carbocycles. The maximum absolute atomic E-state index is 10.5. The molecule has 0 saturated carbocycles. The van der Waals surface area contributed by atoms with E-state index in [4.69, 9.17) is 5.11 Å². The van der Waals surface area contributed by atoms with E-state index in [-0.39, 0.29) is 6.42 Å². The minimum atomic E-state index is -0.910. The molecule has 84 valence electrons. The van der Waals surface area contributed by atoms with Crippen molar-refractivity contribution in [1.29, 1.82) is 0 Å². The zero-order chi connectivity index (χ0) is 11.7. The normalized spacial score (nSPS) is 10.6. The number of hydrogen-bond donors (Lipinski definition) is 2. The fraction of sp³-hybridized carbons (Fsp3) is 0.300. The Morgan fingerprint density at radius 3 is 2.81 bits per heavy atom. The molecule has 2 N–H and O–H groups in total. The van der Waals surface area contributed by atoms with Crippen LogP contribution in [-0.4, -0.2) is 40.1 Å². The van der Waals surface area contributed by atoms with Crippen LogP contribution in [-0.2, 0) is 11.2 Å². The van der Waals surface area contributed by atoms with Gasteiger partial charge >= 0.3 is 5.97 Å². The van der Waals surface area contributed by atoms with Gasteiger partial charge in [-0.15, -0.1) is 0 Å². The van der Waals surface area contributed by atoms with E-state index in [9.17, 15) is 4.79 Å². The predicted molar refractivity (Wildman–Crippen MR) is 59.6 cm³/mol. The van der Waals surface area contributed by atoms with Crippen LogP contribution >= 0.6 is 0 Å². The van der Waals surface area contributed by atoms with Crippen molar-refractivity contribution in [2.75, 3.05) is 19.0 Å². The monoisotopic (exact) mass is 220 g/mol. The molecule has 0 radical (unpaired) electrons. The van der Waals surface area contributed by atoms with Crippen LogP contribution in [0.5, 0.6) is 0 Å². The number of rotatable bonds is 3. The zero-order valence-electron chi connectivity index (χ0n) is 9.06. The first-order chi connectivity index (χ1) is 7.56. The fourth-order valence-electron chi connectivity index (χ4n) is 1.41. The van der Waals surface area contributed by atoms with Gasteiger partial charge in [-0.3, -0.25) is 4.79 Å². The number of aliphatic carboxylic acids is 1. The maximum atomic E-state index is 10.5. The predicted octanol–water partition coefficient (Wildman–Crippen LogP) is 0.651. The van der Waals surface area contributed by atoms with E-state index in [1.807, 2.05) is 31.1 Å². The highest BCUT2D eigenvalue weighted by atomic mass is 16.4. The Bertz CT molecular complexity index is 533. The number of carboxylic acid groups (broad SMARTS) is 1. The first-order valence-electron chi connectivity index (χ1n) is 4.81. The van der Waals surface area contributed by atoms with Crippen molar-refractivity contribution < 1.29 is 9.90 Å². The lowest BCUT2D eigenvalue weighted by Gasteiger charge is -2.09. The Morgan fingerprint density at radius 2 is 2.19 bits per heavy atom. The molecule has 0 spiro atoms. The summed E-state index contributed by atoms with van der Waals surface area (Å²) in [5.74, 6) is 0.304. The number of pyridine rings is 1. The number of imidazole rings is 1. The number of H-pyrrole nitrogens is 1. The Morgan fingerprint density at radius 1 is 1.44 bits per heavy atom. The highest BCUT2D eigenvalue weighted by Gasteiger charge is 2.08. The van der Waals surface area contributed by atoms with E-state index in [1.54, 1.807) is 0 Å². The molecule has 0 atom stereocenters. The SMILES string of the molecule is CN(C)c1ccc2[nH]c(CC(=O)O)nc2n1. The smallest absolute Gasteiger partial charge is 0.311 e. The number of nitrogens with zero attached hydrogens (tertiary/aromatic N) is 3. The van der Waals surface area contributed by atoms with Crippen molar-refractivity contribution in [3.63, 3.8) is 0 Å². The number of fused-ring (bicyclic) bond motifs is 1. The number of aromatic amines is 1. The number of nitrogens with one attached hydrogen (secondary N) is 1. The van der Waals surface area contributed by atoms with Gasteiger partial charge in [0.25, 0.3) is 0 Å². The van der Waals surface area contributed by atoms with Crippen LogP contribution < -0.4 is 4.90 Å². The third-order valence-electron chi connectivity index (χ3n) is 2.16. The molecular weight excluding hydrogens is 208 g/mol. The van der Waals surface area contributed by atoms with Crippen LogP contribution in [0, 0.1) is 0 Å². The van der Waals surface area contributed by atoms with Crippen LogP contribution in [0.25, 0.3) is 11.2 Å². The lowest BCUT2D eigenvalue weighted by molar-refractivity contribution is -0.136. The van der Waals surface area contributed by atoms with Gasteiger partial charge < -0.3 is 15.0 Å². The van der Waals surface area contributed by atoms with Crippen LogP contribution in [0.1, 0.15) is 5.82 Å². The summed E-state index contributed by atoms with van der Waals surface area (Å²) < 4.78 is 0. The number of aromatic nitrogens is 3. The molecule has 0 aliphatic rings. The quantitative estimate of drug-likeness (QED) is 0.793. The molecule has 0 bridgehead atoms. The van der Waals surface area contributed by atoms with Gasteiger partial charge in [0.2, 0.25) is 0 Å². The number of carboxylic acids is 1. The molecule has 0 amide bonds. The van der Waals surface area contributed by atoms with E-state index >= 15 is 0 Å². The minimum Gasteiger partial charge on any atom is -0.481 e. The van der Waals surface area contributed by atoms with Crippen molar-refractivity contribution in [3.05, 3.63) is 18.0 Å². The number of hydrogen-bond acceptors (Lipinski definition) is 4. The van der Waals surface area contributed by atoms with Crippen molar-refractivity contribution >= 4 is 23.0 Å². The van der Waals surface area contributed by atoms with Crippen molar-refractivity contribution in [2.45, 2.75) is 6.42 Å². The molecule has 0 aromatic carbocycles. The molecule has 2 rings (SSSR count). The molecule has 0 aliphatic heterocycles. The van der Waals surface area contributed by atoms with Crippen molar-refractivity contribution in [2.24, 2.45) is 0 Å². The zero-order valence-corrected chi connectivity index (χ0v) is 9.06. The lowest BCUT2D eigenvalue weighted by Crippen LogP contribution is -2.10. The molecule has 6 nitrogen and oxygen atoms in total. The van der Waals surface area contributed by atoms with Crippen LogP contribution in [0.2, 0.25) is 0 Å². The van der Waals surface area contributed by atoms with Crippen LogP contribution in [0.4, 0.5) is 5.82 Å². The summed E-state index contributed by atoms with van der Waals surface area (Å²) in [4.78, 5) is 23.7. The van der Waals surface area contributed by atoms with E-state index < -0.39 is 5.97 Å². The van der Waals surface area contributed by atoms with E-state index in [0.29, 0.717) is 11.5 Å². The van der Waals surface area contributed by atoms with Gasteiger partial charge in [0.05, 0.1) is 5.52 Å². The average Bonchev–Trinajstić information content (AvgIpc) is 2.56. The first kappa shape index (κ1) is 10.4. The summed E-state index contributed by atoms with van der Waals surface area (Å²) in [5, 5.41) is 8.65. The third-order valence-corrected chi connectivity index (χ3v) is 2.16. The van der Waals surface area contributed by atoms with Gasteiger partial charge in [0.15, 0.2) is 5.65 Å². The second-order valence-electron chi connectivity index (χ2n) is 3.69. The second-order valence-corrected chi connectivity index (χ2v) is 3.69. The van der Waals surface area contributed by atoms with Gasteiger partial charge in [-0.25, -0.2) is 9.97 Å². The van der Waals surface area contributed by atoms with Gasteiger partial charge in [-0.2, -0.15) is 0 Å². The third kappa shape index (κ3) is 1.95. The molecule has 0 unspecified atom stereocenters.